The smallest absolute Gasteiger partial charge is 0.267 e. The Morgan fingerprint density at radius 2 is 2.21 bits per heavy atom. The lowest BCUT2D eigenvalue weighted by Crippen LogP contribution is -2.07. The van der Waals surface area contributed by atoms with E-state index in [2.05, 4.69) is 39.9 Å². The average Bonchev–Trinajstić information content (AvgIpc) is 3.16. The summed E-state index contributed by atoms with van der Waals surface area (Å²) in [6, 6.07) is 4.22. The number of benzene rings is 1. The maximum Gasteiger partial charge on any atom is 0.267 e. The number of aromatic nitrogens is 2. The summed E-state index contributed by atoms with van der Waals surface area (Å²) in [6.07, 6.45) is 11.5. The number of fused-ring (bicyclic) bond motifs is 1. The summed E-state index contributed by atoms with van der Waals surface area (Å²) in [5.74, 6) is 2.92. The number of thiazole rings is 1. The molecule has 0 aliphatic carbocycles. The summed E-state index contributed by atoms with van der Waals surface area (Å²) in [7, 11) is 1.76. The first-order chi connectivity index (χ1) is 13.6. The quantitative estimate of drug-likeness (QED) is 0.396. The maximum absolute atomic E-state index is 9.20. The summed E-state index contributed by atoms with van der Waals surface area (Å²) >= 11 is 1.70. The molecule has 7 heteroatoms. The molecule has 0 spiro atoms. The Hall–Kier alpha value is -2.59. The van der Waals surface area contributed by atoms with Gasteiger partial charge in [0.05, 0.1) is 10.6 Å². The van der Waals surface area contributed by atoms with Gasteiger partial charge in [0.2, 0.25) is 0 Å². The highest BCUT2D eigenvalue weighted by atomic mass is 32.1. The molecule has 1 fully saturated rings. The van der Waals surface area contributed by atoms with Gasteiger partial charge in [-0.2, -0.15) is 0 Å². The average molecular weight is 389 g/mol. The molecule has 5 nitrogen and oxygen atoms in total. The Labute approximate surface area is 170 Å². The molecule has 0 unspecified atom stereocenters. The van der Waals surface area contributed by atoms with Crippen LogP contribution in [0.4, 0.5) is 5.69 Å². The number of aliphatic imine (C=N–C) groups is 1. The second-order valence-corrected chi connectivity index (χ2v) is 8.67. The lowest BCUT2D eigenvalue weighted by Gasteiger charge is -2.10. The second-order valence-electron chi connectivity index (χ2n) is 7.67. The Balaban J connectivity index is 1.62. The van der Waals surface area contributed by atoms with Crippen molar-refractivity contribution in [2.45, 2.75) is 44.7 Å². The summed E-state index contributed by atoms with van der Waals surface area (Å²) in [5, 5.41) is 9.20. The molecule has 0 saturated carbocycles. The predicted molar refractivity (Wildman–Crippen MR) is 119 cm³/mol. The van der Waals surface area contributed by atoms with Gasteiger partial charge in [-0.3, -0.25) is 9.39 Å². The van der Waals surface area contributed by atoms with Gasteiger partial charge in [0.15, 0.2) is 4.96 Å². The minimum Gasteiger partial charge on any atom is -0.398 e. The van der Waals surface area contributed by atoms with Gasteiger partial charge >= 0.3 is 0 Å². The summed E-state index contributed by atoms with van der Waals surface area (Å²) in [5.41, 5.74) is 11.3. The molecule has 3 aromatic rings. The van der Waals surface area contributed by atoms with Crippen LogP contribution in [0.25, 0.3) is 15.4 Å². The molecule has 1 aromatic carbocycles. The minimum atomic E-state index is 0.218. The first-order valence-corrected chi connectivity index (χ1v) is 10.6. The third-order valence-electron chi connectivity index (χ3n) is 5.72. The van der Waals surface area contributed by atoms with Gasteiger partial charge in [0.25, 0.3) is 6.71 Å². The van der Waals surface area contributed by atoms with Crippen molar-refractivity contribution in [2.75, 3.05) is 12.8 Å². The van der Waals surface area contributed by atoms with Gasteiger partial charge in [0.1, 0.15) is 0 Å². The Kier molecular flexibility index (Phi) is 5.23. The van der Waals surface area contributed by atoms with E-state index in [0.717, 1.165) is 59.2 Å². The SMILES string of the molecule is CN=Cc1cc(-c2cn3cc([C@H]4CCCB(C#N)CC4)nc3s2)cc(C)c1N. The molecule has 2 aromatic heterocycles. The standard InChI is InChI=1S/C21H24BN5S/c1-14-8-16(9-17(10-25-2)20(14)24)19-12-27-11-18(26-21(27)28-19)15-4-3-6-22(13-23)7-5-15/h8-12,15H,3-7,24H2,1-2H3/t15-/m0/s1. The number of nitrogen functional groups attached to an aromatic ring is 1. The Morgan fingerprint density at radius 3 is 2.96 bits per heavy atom. The van der Waals surface area contributed by atoms with Gasteiger partial charge in [-0.05, 0) is 36.6 Å². The van der Waals surface area contributed by atoms with Gasteiger partial charge < -0.3 is 5.73 Å². The van der Waals surface area contributed by atoms with E-state index in [4.69, 9.17) is 10.7 Å². The van der Waals surface area contributed by atoms with E-state index in [0.29, 0.717) is 5.92 Å². The van der Waals surface area contributed by atoms with Crippen LogP contribution in [-0.2, 0) is 0 Å². The number of nitriles is 1. The second kappa shape index (κ2) is 7.80. The Bertz CT molecular complexity index is 1040. The van der Waals surface area contributed by atoms with Crippen LogP contribution >= 0.6 is 11.3 Å². The van der Waals surface area contributed by atoms with Crippen LogP contribution in [0.3, 0.4) is 0 Å². The zero-order valence-electron chi connectivity index (χ0n) is 16.4. The zero-order valence-corrected chi connectivity index (χ0v) is 17.2. The normalized spacial score (nSPS) is 17.9. The number of anilines is 1. The predicted octanol–water partition coefficient (Wildman–Crippen LogP) is 4.83. The number of rotatable bonds is 3. The highest BCUT2D eigenvalue weighted by Gasteiger charge is 2.24. The first kappa shape index (κ1) is 18.8. The molecule has 0 amide bonds. The van der Waals surface area contributed by atoms with Gasteiger partial charge in [-0.15, -0.1) is 0 Å². The highest BCUT2D eigenvalue weighted by molar-refractivity contribution is 7.20. The van der Waals surface area contributed by atoms with Gasteiger partial charge in [0, 0.05) is 48.8 Å². The zero-order chi connectivity index (χ0) is 19.7. The highest BCUT2D eigenvalue weighted by Crippen LogP contribution is 2.35. The molecule has 1 aliphatic rings. The molecule has 4 rings (SSSR count). The molecule has 2 N–H and O–H groups in total. The van der Waals surface area contributed by atoms with E-state index in [9.17, 15) is 5.26 Å². The Morgan fingerprint density at radius 1 is 1.36 bits per heavy atom. The number of hydrogen-bond acceptors (Lipinski definition) is 5. The molecular formula is C21H24BN5S. The van der Waals surface area contributed by atoms with Crippen molar-refractivity contribution in [3.8, 4) is 16.4 Å². The minimum absolute atomic E-state index is 0.218. The topological polar surface area (TPSA) is 79.5 Å². The third-order valence-corrected chi connectivity index (χ3v) is 6.76. The van der Waals surface area contributed by atoms with Crippen molar-refractivity contribution in [1.29, 1.82) is 5.26 Å². The molecular weight excluding hydrogens is 365 g/mol. The largest absolute Gasteiger partial charge is 0.398 e. The van der Waals surface area contributed by atoms with Crippen LogP contribution in [-0.4, -0.2) is 29.4 Å². The van der Waals surface area contributed by atoms with Gasteiger partial charge in [-0.1, -0.05) is 36.8 Å². The fraction of sp³-hybridized carbons (Fsp3) is 0.381. The van der Waals surface area contributed by atoms with Crippen molar-refractivity contribution in [2.24, 2.45) is 4.99 Å². The van der Waals surface area contributed by atoms with E-state index >= 15 is 0 Å². The van der Waals surface area contributed by atoms with Gasteiger partial charge in [-0.25, -0.2) is 10.2 Å². The van der Waals surface area contributed by atoms with Crippen LogP contribution in [0, 0.1) is 18.2 Å². The van der Waals surface area contributed by atoms with Crippen LogP contribution in [0.2, 0.25) is 12.6 Å². The molecule has 3 heterocycles. The van der Waals surface area contributed by atoms with Crippen LogP contribution in [0.15, 0.2) is 29.5 Å². The van der Waals surface area contributed by atoms with Crippen LogP contribution < -0.4 is 5.73 Å². The molecule has 142 valence electrons. The van der Waals surface area contributed by atoms with Crippen molar-refractivity contribution in [3.63, 3.8) is 0 Å². The molecule has 1 aliphatic heterocycles. The first-order valence-electron chi connectivity index (χ1n) is 9.79. The summed E-state index contributed by atoms with van der Waals surface area (Å²) < 4.78 is 2.14. The van der Waals surface area contributed by atoms with E-state index in [1.165, 1.54) is 10.6 Å². The molecule has 0 radical (unpaired) electrons. The van der Waals surface area contributed by atoms with E-state index in [-0.39, 0.29) is 6.71 Å². The van der Waals surface area contributed by atoms with E-state index in [1.54, 1.807) is 18.4 Å². The lowest BCUT2D eigenvalue weighted by molar-refractivity contribution is 0.597. The molecule has 0 bridgehead atoms. The molecule has 1 atom stereocenters. The van der Waals surface area contributed by atoms with E-state index < -0.39 is 0 Å². The number of hydrogen-bond donors (Lipinski definition) is 1. The van der Waals surface area contributed by atoms with Crippen molar-refractivity contribution >= 4 is 34.9 Å². The fourth-order valence-electron chi connectivity index (χ4n) is 4.08. The molecule has 28 heavy (non-hydrogen) atoms. The maximum atomic E-state index is 9.20. The number of imidazole rings is 1. The summed E-state index contributed by atoms with van der Waals surface area (Å²) in [6.45, 7) is 2.25. The van der Waals surface area contributed by atoms with Crippen LogP contribution in [0.1, 0.15) is 42.0 Å². The lowest BCUT2D eigenvalue weighted by atomic mass is 9.46. The van der Waals surface area contributed by atoms with Crippen molar-refractivity contribution in [3.05, 3.63) is 41.3 Å². The number of nitrogens with two attached hydrogens (primary N) is 1. The summed E-state index contributed by atoms with van der Waals surface area (Å²) in [4.78, 5) is 11.2. The fourth-order valence-corrected chi connectivity index (χ4v) is 5.04. The van der Waals surface area contributed by atoms with Crippen molar-refractivity contribution in [1.82, 2.24) is 9.38 Å². The molecule has 1 saturated heterocycles. The van der Waals surface area contributed by atoms with Crippen LogP contribution in [0.5, 0.6) is 0 Å². The monoisotopic (exact) mass is 389 g/mol. The van der Waals surface area contributed by atoms with E-state index in [1.807, 2.05) is 13.1 Å². The number of aryl methyl sites for hydroxylation is 1. The third kappa shape index (κ3) is 3.57. The number of nitrogens with zero attached hydrogens (tertiary/aromatic N) is 4. The van der Waals surface area contributed by atoms with Crippen molar-refractivity contribution < 1.29 is 0 Å².